The number of hydrogen-bond acceptors (Lipinski definition) is 6. The molecule has 0 unspecified atom stereocenters. The van der Waals surface area contributed by atoms with Crippen molar-refractivity contribution in [1.82, 2.24) is 19.3 Å². The lowest BCUT2D eigenvalue weighted by Crippen LogP contribution is -2.40. The van der Waals surface area contributed by atoms with Gasteiger partial charge in [-0.2, -0.15) is 4.98 Å². The first-order chi connectivity index (χ1) is 12.8. The van der Waals surface area contributed by atoms with Crippen LogP contribution in [0.5, 0.6) is 0 Å². The topological polar surface area (TPSA) is 103 Å². The maximum atomic E-state index is 14.6. The average molecular weight is 395 g/mol. The van der Waals surface area contributed by atoms with Crippen LogP contribution >= 0.6 is 11.6 Å². The third-order valence-electron chi connectivity index (χ3n) is 4.01. The van der Waals surface area contributed by atoms with Gasteiger partial charge < -0.3 is 14.2 Å². The molecule has 3 aromatic rings. The Balaban J connectivity index is 1.84. The largest absolute Gasteiger partial charge is 0.385 e. The molecule has 0 bridgehead atoms. The number of aromatic nitrogens is 4. The first kappa shape index (κ1) is 19.0. The van der Waals surface area contributed by atoms with Gasteiger partial charge in [-0.15, -0.1) is 0 Å². The van der Waals surface area contributed by atoms with Crippen LogP contribution in [0.2, 0.25) is 5.02 Å². The van der Waals surface area contributed by atoms with Crippen molar-refractivity contribution in [2.75, 3.05) is 0 Å². The molecule has 0 saturated heterocycles. The predicted octanol–water partition coefficient (Wildman–Crippen LogP) is 1.68. The lowest BCUT2D eigenvalue weighted by atomic mass is 10.1. The number of hydrogen-bond donors (Lipinski definition) is 1. The van der Waals surface area contributed by atoms with Crippen molar-refractivity contribution in [2.24, 2.45) is 7.05 Å². The van der Waals surface area contributed by atoms with E-state index in [1.54, 1.807) is 6.92 Å². The molecule has 0 radical (unpaired) electrons. The molecule has 10 heteroatoms. The summed E-state index contributed by atoms with van der Waals surface area (Å²) >= 11 is 5.77. The van der Waals surface area contributed by atoms with Crippen LogP contribution in [0, 0.1) is 6.92 Å². The Kier molecular flexibility index (Phi) is 5.24. The van der Waals surface area contributed by atoms with Crippen LogP contribution in [-0.2, 0) is 13.6 Å². The number of aliphatic hydroxyl groups excluding tert-OH is 1. The van der Waals surface area contributed by atoms with Gasteiger partial charge in [-0.1, -0.05) is 28.9 Å². The summed E-state index contributed by atoms with van der Waals surface area (Å²) in [5.74, 6) is -0.509. The predicted molar refractivity (Wildman–Crippen MR) is 94.3 cm³/mol. The van der Waals surface area contributed by atoms with Crippen LogP contribution < -0.4 is 11.2 Å². The first-order valence-electron chi connectivity index (χ1n) is 7.95. The van der Waals surface area contributed by atoms with Crippen LogP contribution in [0.4, 0.5) is 4.39 Å². The fraction of sp³-hybridized carbons (Fsp3) is 0.294. The van der Waals surface area contributed by atoms with E-state index >= 15 is 0 Å². The number of rotatable bonds is 5. The smallest absolute Gasteiger partial charge is 0.331 e. The fourth-order valence-electron chi connectivity index (χ4n) is 2.58. The Bertz CT molecular complexity index is 1040. The van der Waals surface area contributed by atoms with Gasteiger partial charge in [0.1, 0.15) is 12.6 Å². The third kappa shape index (κ3) is 3.83. The van der Waals surface area contributed by atoms with Crippen molar-refractivity contribution in [3.8, 4) is 0 Å². The highest BCUT2D eigenvalue weighted by Crippen LogP contribution is 2.31. The van der Waals surface area contributed by atoms with Crippen LogP contribution in [0.15, 0.2) is 44.6 Å². The molecule has 0 aliphatic carbocycles. The highest BCUT2D eigenvalue weighted by atomic mass is 35.5. The number of benzene rings is 1. The number of aryl methyl sites for hydroxylation is 2. The molecule has 0 amide bonds. The summed E-state index contributed by atoms with van der Waals surface area (Å²) < 4.78 is 21.7. The Morgan fingerprint density at radius 1 is 1.30 bits per heavy atom. The second-order valence-electron chi connectivity index (χ2n) is 6.04. The molecule has 0 fully saturated rings. The lowest BCUT2D eigenvalue weighted by molar-refractivity contribution is 0.0708. The van der Waals surface area contributed by atoms with Gasteiger partial charge in [-0.3, -0.25) is 9.36 Å². The molecule has 0 spiro atoms. The number of halogens is 2. The molecule has 0 aliphatic heterocycles. The van der Waals surface area contributed by atoms with Crippen molar-refractivity contribution in [1.29, 1.82) is 0 Å². The van der Waals surface area contributed by atoms with Crippen molar-refractivity contribution in [2.45, 2.75) is 25.7 Å². The molecular weight excluding hydrogens is 379 g/mol. The third-order valence-corrected chi connectivity index (χ3v) is 4.27. The van der Waals surface area contributed by atoms with E-state index in [1.807, 2.05) is 0 Å². The molecule has 142 valence electrons. The Morgan fingerprint density at radius 2 is 1.96 bits per heavy atom. The zero-order valence-electron chi connectivity index (χ0n) is 14.5. The van der Waals surface area contributed by atoms with Crippen molar-refractivity contribution < 1.29 is 14.0 Å². The lowest BCUT2D eigenvalue weighted by Gasteiger charge is -2.12. The Hall–Kier alpha value is -2.78. The maximum Gasteiger partial charge on any atom is 0.331 e. The van der Waals surface area contributed by atoms with E-state index in [9.17, 15) is 19.1 Å². The first-order valence-corrected chi connectivity index (χ1v) is 8.33. The molecule has 0 saturated carbocycles. The molecule has 2 aromatic heterocycles. The number of aliphatic hydroxyl groups is 1. The Labute approximate surface area is 157 Å². The monoisotopic (exact) mass is 394 g/mol. The van der Waals surface area contributed by atoms with Gasteiger partial charge in [0, 0.05) is 23.8 Å². The fourth-order valence-corrected chi connectivity index (χ4v) is 2.71. The summed E-state index contributed by atoms with van der Waals surface area (Å²) in [6.45, 7) is 1.27. The average Bonchev–Trinajstić information content (AvgIpc) is 3.11. The van der Waals surface area contributed by atoms with Crippen molar-refractivity contribution in [3.63, 3.8) is 0 Å². The number of alkyl halides is 1. The summed E-state index contributed by atoms with van der Waals surface area (Å²) in [6.07, 6.45) is -2.07. The van der Waals surface area contributed by atoms with E-state index in [4.69, 9.17) is 16.1 Å². The summed E-state index contributed by atoms with van der Waals surface area (Å²) in [5, 5.41) is 14.1. The van der Waals surface area contributed by atoms with E-state index in [2.05, 4.69) is 10.1 Å². The van der Waals surface area contributed by atoms with Gasteiger partial charge in [0.2, 0.25) is 11.7 Å². The summed E-state index contributed by atoms with van der Waals surface area (Å²) in [7, 11) is 1.50. The zero-order valence-corrected chi connectivity index (χ0v) is 15.2. The minimum Gasteiger partial charge on any atom is -0.385 e. The van der Waals surface area contributed by atoms with Gasteiger partial charge >= 0.3 is 5.69 Å². The standard InChI is InChI=1S/C17H16ClFN4O4/c1-9-7-22(2)17(26)23(16(9)25)8-12-20-15(21-27-12)13(19)14(24)10-3-5-11(18)6-4-10/h3-7,13-14,24H,8H2,1-2H3/t13-,14+/m1/s1. The molecule has 1 N–H and O–H groups in total. The van der Waals surface area contributed by atoms with E-state index < -0.39 is 23.5 Å². The van der Waals surface area contributed by atoms with Gasteiger partial charge in [-0.05, 0) is 24.6 Å². The van der Waals surface area contributed by atoms with Gasteiger partial charge in [0.05, 0.1) is 0 Å². The normalized spacial score (nSPS) is 13.5. The molecule has 8 nitrogen and oxygen atoms in total. The molecule has 1 aromatic carbocycles. The van der Waals surface area contributed by atoms with E-state index in [0.29, 0.717) is 16.1 Å². The quantitative estimate of drug-likeness (QED) is 0.706. The molecule has 3 rings (SSSR count). The van der Waals surface area contributed by atoms with Crippen LogP contribution in [0.25, 0.3) is 0 Å². The van der Waals surface area contributed by atoms with Crippen molar-refractivity contribution in [3.05, 3.63) is 79.2 Å². The minimum absolute atomic E-state index is 0.124. The van der Waals surface area contributed by atoms with Gasteiger partial charge in [-0.25, -0.2) is 9.18 Å². The van der Waals surface area contributed by atoms with Crippen LogP contribution in [0.1, 0.15) is 35.1 Å². The molecule has 2 heterocycles. The van der Waals surface area contributed by atoms with Gasteiger partial charge in [0.25, 0.3) is 5.56 Å². The number of nitrogens with zero attached hydrogens (tertiary/aromatic N) is 4. The van der Waals surface area contributed by atoms with Crippen LogP contribution in [0.3, 0.4) is 0 Å². The minimum atomic E-state index is -1.96. The Morgan fingerprint density at radius 3 is 2.63 bits per heavy atom. The SMILES string of the molecule is Cc1cn(C)c(=O)n(Cc2nc([C@H](F)[C@@H](O)c3ccc(Cl)cc3)no2)c1=O. The molecule has 27 heavy (non-hydrogen) atoms. The summed E-state index contributed by atoms with van der Waals surface area (Å²) in [5.41, 5.74) is -0.417. The maximum absolute atomic E-state index is 14.6. The zero-order chi connectivity index (χ0) is 19.7. The molecular formula is C17H16ClFN4O4. The summed E-state index contributed by atoms with van der Waals surface area (Å²) in [4.78, 5) is 28.1. The van der Waals surface area contributed by atoms with E-state index in [0.717, 1.165) is 4.57 Å². The second-order valence-corrected chi connectivity index (χ2v) is 6.48. The molecule has 2 atom stereocenters. The highest BCUT2D eigenvalue weighted by molar-refractivity contribution is 6.30. The van der Waals surface area contributed by atoms with Crippen LogP contribution in [-0.4, -0.2) is 24.4 Å². The highest BCUT2D eigenvalue weighted by Gasteiger charge is 2.27. The van der Waals surface area contributed by atoms with Crippen molar-refractivity contribution >= 4 is 11.6 Å². The van der Waals surface area contributed by atoms with E-state index in [-0.39, 0.29) is 18.3 Å². The summed E-state index contributed by atoms with van der Waals surface area (Å²) in [6, 6.07) is 6.01. The second kappa shape index (κ2) is 7.45. The van der Waals surface area contributed by atoms with Gasteiger partial charge in [0.15, 0.2) is 6.17 Å². The molecule has 0 aliphatic rings. The van der Waals surface area contributed by atoms with E-state index in [1.165, 1.54) is 42.1 Å².